The topological polar surface area (TPSA) is 61.8 Å². The van der Waals surface area contributed by atoms with Gasteiger partial charge in [0.25, 0.3) is 0 Å². The van der Waals surface area contributed by atoms with Gasteiger partial charge in [-0.1, -0.05) is 56.3 Å². The lowest BCUT2D eigenvalue weighted by molar-refractivity contribution is 0.448. The highest BCUT2D eigenvalue weighted by atomic mass is 16.3. The van der Waals surface area contributed by atoms with Gasteiger partial charge < -0.3 is 5.11 Å². The molecular weight excluding hydrogens is 286 g/mol. The van der Waals surface area contributed by atoms with Gasteiger partial charge in [-0.2, -0.15) is 0 Å². The SMILES string of the molecule is Cc1cc(-c2ccccc2-c2c[nH]nn2)c(O)c(C(C)(C)C)c1. The molecule has 0 saturated heterocycles. The summed E-state index contributed by atoms with van der Waals surface area (Å²) in [6.45, 7) is 8.37. The molecule has 3 rings (SSSR count). The smallest absolute Gasteiger partial charge is 0.127 e. The molecule has 2 N–H and O–H groups in total. The summed E-state index contributed by atoms with van der Waals surface area (Å²) in [5.41, 5.74) is 5.43. The average molecular weight is 307 g/mol. The summed E-state index contributed by atoms with van der Waals surface area (Å²) in [4.78, 5) is 0. The van der Waals surface area contributed by atoms with Gasteiger partial charge >= 0.3 is 0 Å². The number of H-pyrrole nitrogens is 1. The summed E-state index contributed by atoms with van der Waals surface area (Å²) in [6, 6.07) is 12.0. The van der Waals surface area contributed by atoms with Crippen LogP contribution in [0, 0.1) is 6.92 Å². The lowest BCUT2D eigenvalue weighted by atomic mass is 9.82. The van der Waals surface area contributed by atoms with E-state index in [-0.39, 0.29) is 5.41 Å². The first-order chi connectivity index (χ1) is 10.9. The minimum atomic E-state index is -0.131. The van der Waals surface area contributed by atoms with Crippen molar-refractivity contribution in [3.05, 3.63) is 53.7 Å². The second kappa shape index (κ2) is 5.54. The lowest BCUT2D eigenvalue weighted by Crippen LogP contribution is -2.12. The van der Waals surface area contributed by atoms with Gasteiger partial charge in [0.05, 0.1) is 6.20 Å². The molecule has 4 heteroatoms. The van der Waals surface area contributed by atoms with Gasteiger partial charge in [-0.15, -0.1) is 5.10 Å². The Morgan fingerprint density at radius 1 is 1.00 bits per heavy atom. The Kier molecular flexibility index (Phi) is 3.68. The summed E-state index contributed by atoms with van der Waals surface area (Å²) < 4.78 is 0. The zero-order valence-corrected chi connectivity index (χ0v) is 13.9. The maximum absolute atomic E-state index is 10.9. The maximum Gasteiger partial charge on any atom is 0.127 e. The number of rotatable bonds is 2. The van der Waals surface area contributed by atoms with Gasteiger partial charge in [-0.25, -0.2) is 0 Å². The number of nitrogens with zero attached hydrogens (tertiary/aromatic N) is 2. The van der Waals surface area contributed by atoms with Crippen molar-refractivity contribution in [2.45, 2.75) is 33.1 Å². The number of benzene rings is 2. The van der Waals surface area contributed by atoms with Crippen LogP contribution in [-0.2, 0) is 5.41 Å². The van der Waals surface area contributed by atoms with E-state index < -0.39 is 0 Å². The number of phenols is 1. The lowest BCUT2D eigenvalue weighted by Gasteiger charge is -2.23. The van der Waals surface area contributed by atoms with E-state index in [2.05, 4.69) is 49.2 Å². The molecule has 0 spiro atoms. The van der Waals surface area contributed by atoms with Crippen LogP contribution in [0.4, 0.5) is 0 Å². The molecule has 4 nitrogen and oxygen atoms in total. The summed E-state index contributed by atoms with van der Waals surface area (Å²) in [5, 5.41) is 21.5. The quantitative estimate of drug-likeness (QED) is 0.735. The summed E-state index contributed by atoms with van der Waals surface area (Å²) in [6.07, 6.45) is 1.76. The third kappa shape index (κ3) is 2.84. The standard InChI is InChI=1S/C19H21N3O/c1-12-9-15(18(23)16(10-12)19(2,3)4)13-7-5-6-8-14(13)17-11-20-22-21-17/h5-11,23H,1-4H3,(H,20,21,22). The molecule has 0 fully saturated rings. The Balaban J connectivity index is 2.27. The first kappa shape index (κ1) is 15.3. The molecule has 0 aliphatic carbocycles. The zero-order chi connectivity index (χ0) is 16.6. The third-order valence-electron chi connectivity index (χ3n) is 3.97. The first-order valence-corrected chi connectivity index (χ1v) is 7.68. The van der Waals surface area contributed by atoms with Crippen LogP contribution < -0.4 is 0 Å². The van der Waals surface area contributed by atoms with Crippen LogP contribution in [0.2, 0.25) is 0 Å². The zero-order valence-electron chi connectivity index (χ0n) is 13.9. The van der Waals surface area contributed by atoms with Crippen LogP contribution >= 0.6 is 0 Å². The van der Waals surface area contributed by atoms with Crippen molar-refractivity contribution >= 4 is 0 Å². The maximum atomic E-state index is 10.9. The van der Waals surface area contributed by atoms with E-state index in [1.165, 1.54) is 0 Å². The van der Waals surface area contributed by atoms with Crippen molar-refractivity contribution in [2.24, 2.45) is 0 Å². The molecule has 0 aliphatic rings. The molecule has 1 heterocycles. The number of aryl methyl sites for hydroxylation is 1. The summed E-state index contributed by atoms with van der Waals surface area (Å²) in [7, 11) is 0. The van der Waals surface area contributed by atoms with E-state index >= 15 is 0 Å². The van der Waals surface area contributed by atoms with Crippen molar-refractivity contribution in [3.8, 4) is 28.1 Å². The van der Waals surface area contributed by atoms with E-state index in [9.17, 15) is 5.11 Å². The molecule has 0 atom stereocenters. The van der Waals surface area contributed by atoms with Gasteiger partial charge in [-0.05, 0) is 29.5 Å². The predicted octanol–water partition coefficient (Wildman–Crippen LogP) is 4.45. The molecular formula is C19H21N3O. The second-order valence-electron chi connectivity index (χ2n) is 6.86. The normalized spacial score (nSPS) is 11.7. The molecule has 2 aromatic carbocycles. The fourth-order valence-corrected chi connectivity index (χ4v) is 2.83. The van der Waals surface area contributed by atoms with Crippen molar-refractivity contribution in [2.75, 3.05) is 0 Å². The Labute approximate surface area is 136 Å². The molecule has 0 unspecified atom stereocenters. The van der Waals surface area contributed by atoms with Crippen LogP contribution in [0.5, 0.6) is 5.75 Å². The first-order valence-electron chi connectivity index (χ1n) is 7.68. The largest absolute Gasteiger partial charge is 0.507 e. The number of aromatic hydroxyl groups is 1. The third-order valence-corrected chi connectivity index (χ3v) is 3.97. The Bertz CT molecular complexity index is 830. The minimum Gasteiger partial charge on any atom is -0.507 e. The molecule has 3 aromatic rings. The molecule has 0 bridgehead atoms. The number of hydrogen-bond donors (Lipinski definition) is 2. The fraction of sp³-hybridized carbons (Fsp3) is 0.263. The van der Waals surface area contributed by atoms with Gasteiger partial charge in [0.15, 0.2) is 0 Å². The molecule has 118 valence electrons. The van der Waals surface area contributed by atoms with Gasteiger partial charge in [0.1, 0.15) is 11.4 Å². The fourth-order valence-electron chi connectivity index (χ4n) is 2.83. The van der Waals surface area contributed by atoms with Crippen LogP contribution in [0.3, 0.4) is 0 Å². The number of aromatic amines is 1. The number of phenolic OH excluding ortho intramolecular Hbond substituents is 1. The highest BCUT2D eigenvalue weighted by Crippen LogP contribution is 2.42. The number of hydrogen-bond acceptors (Lipinski definition) is 3. The highest BCUT2D eigenvalue weighted by molar-refractivity contribution is 5.85. The van der Waals surface area contributed by atoms with Gasteiger partial charge in [-0.3, -0.25) is 5.10 Å². The minimum absolute atomic E-state index is 0.131. The van der Waals surface area contributed by atoms with E-state index in [0.717, 1.165) is 33.5 Å². The predicted molar refractivity (Wildman–Crippen MR) is 92.4 cm³/mol. The van der Waals surface area contributed by atoms with Crippen LogP contribution in [0.25, 0.3) is 22.4 Å². The monoisotopic (exact) mass is 307 g/mol. The Morgan fingerprint density at radius 3 is 2.30 bits per heavy atom. The van der Waals surface area contributed by atoms with E-state index in [1.807, 2.05) is 30.3 Å². The van der Waals surface area contributed by atoms with Crippen molar-refractivity contribution in [1.82, 2.24) is 15.4 Å². The van der Waals surface area contributed by atoms with Crippen LogP contribution in [0.15, 0.2) is 42.6 Å². The molecule has 0 amide bonds. The van der Waals surface area contributed by atoms with E-state index in [4.69, 9.17) is 0 Å². The molecule has 23 heavy (non-hydrogen) atoms. The van der Waals surface area contributed by atoms with Gasteiger partial charge in [0.2, 0.25) is 0 Å². The Morgan fingerprint density at radius 2 is 1.70 bits per heavy atom. The average Bonchev–Trinajstić information content (AvgIpc) is 3.02. The van der Waals surface area contributed by atoms with Crippen molar-refractivity contribution in [1.29, 1.82) is 0 Å². The summed E-state index contributed by atoms with van der Waals surface area (Å²) in [5.74, 6) is 0.332. The Hall–Kier alpha value is -2.62. The van der Waals surface area contributed by atoms with Crippen molar-refractivity contribution < 1.29 is 5.11 Å². The molecule has 1 aromatic heterocycles. The number of aromatic nitrogens is 3. The number of nitrogens with one attached hydrogen (secondary N) is 1. The van der Waals surface area contributed by atoms with Crippen molar-refractivity contribution in [3.63, 3.8) is 0 Å². The van der Waals surface area contributed by atoms with Gasteiger partial charge in [0, 0.05) is 16.7 Å². The van der Waals surface area contributed by atoms with E-state index in [0.29, 0.717) is 5.75 Å². The van der Waals surface area contributed by atoms with E-state index in [1.54, 1.807) is 6.20 Å². The highest BCUT2D eigenvalue weighted by Gasteiger charge is 2.22. The molecule has 0 aliphatic heterocycles. The second-order valence-corrected chi connectivity index (χ2v) is 6.86. The van der Waals surface area contributed by atoms with Crippen LogP contribution in [0.1, 0.15) is 31.9 Å². The molecule has 0 radical (unpaired) electrons. The molecule has 0 saturated carbocycles. The van der Waals surface area contributed by atoms with Crippen LogP contribution in [-0.4, -0.2) is 20.5 Å². The summed E-state index contributed by atoms with van der Waals surface area (Å²) >= 11 is 0.